The number of rotatable bonds is 6. The molecule has 0 spiro atoms. The number of nitrogens with zero attached hydrogens (tertiary/aromatic N) is 2. The first-order valence-electron chi connectivity index (χ1n) is 6.34. The number of nitrogens with two attached hydrogens (primary N) is 1. The molecule has 6 heteroatoms. The molecule has 0 aliphatic rings. The number of amides is 1. The number of hydrogen-bond donors (Lipinski definition) is 2. The molecular formula is C14H18N4O2. The topological polar surface area (TPSA) is 82.2 Å². The zero-order chi connectivity index (χ0) is 14.4. The van der Waals surface area contributed by atoms with E-state index in [1.54, 1.807) is 36.3 Å². The zero-order valence-corrected chi connectivity index (χ0v) is 11.4. The monoisotopic (exact) mass is 274 g/mol. The predicted molar refractivity (Wildman–Crippen MR) is 76.4 cm³/mol. The minimum Gasteiger partial charge on any atom is -0.383 e. The van der Waals surface area contributed by atoms with E-state index in [0.29, 0.717) is 30.9 Å². The molecule has 6 nitrogen and oxygen atoms in total. The quantitative estimate of drug-likeness (QED) is 0.830. The summed E-state index contributed by atoms with van der Waals surface area (Å²) >= 11 is 0. The van der Waals surface area contributed by atoms with Crippen LogP contribution in [0.5, 0.6) is 0 Å². The average molecular weight is 274 g/mol. The highest BCUT2D eigenvalue weighted by molar-refractivity contribution is 6.04. The predicted octanol–water partition coefficient (Wildman–Crippen LogP) is 1.24. The second kappa shape index (κ2) is 6.83. The maximum absolute atomic E-state index is 12.0. The Kier molecular flexibility index (Phi) is 4.86. The van der Waals surface area contributed by atoms with Crippen molar-refractivity contribution in [2.45, 2.75) is 13.1 Å². The van der Waals surface area contributed by atoms with Crippen molar-refractivity contribution in [2.75, 3.05) is 19.0 Å². The Morgan fingerprint density at radius 1 is 1.40 bits per heavy atom. The maximum Gasteiger partial charge on any atom is 0.255 e. The Bertz CT molecular complexity index is 563. The van der Waals surface area contributed by atoms with Crippen LogP contribution >= 0.6 is 0 Å². The van der Waals surface area contributed by atoms with Crippen molar-refractivity contribution >= 4 is 11.6 Å². The Morgan fingerprint density at radius 2 is 2.15 bits per heavy atom. The van der Waals surface area contributed by atoms with E-state index in [2.05, 4.69) is 10.4 Å². The highest BCUT2D eigenvalue weighted by atomic mass is 16.5. The van der Waals surface area contributed by atoms with Gasteiger partial charge in [0.25, 0.3) is 5.91 Å². The minimum absolute atomic E-state index is 0.167. The number of methoxy groups -OCH3 is 1. The number of carbonyl (C=O) groups is 1. The smallest absolute Gasteiger partial charge is 0.255 e. The average Bonchev–Trinajstić information content (AvgIpc) is 2.92. The molecule has 1 aromatic carbocycles. The summed E-state index contributed by atoms with van der Waals surface area (Å²) in [5, 5.41) is 6.93. The van der Waals surface area contributed by atoms with E-state index in [9.17, 15) is 4.79 Å². The van der Waals surface area contributed by atoms with E-state index in [1.165, 1.54) is 0 Å². The number of benzene rings is 1. The van der Waals surface area contributed by atoms with Crippen molar-refractivity contribution < 1.29 is 9.53 Å². The second-order valence-electron chi connectivity index (χ2n) is 4.34. The second-order valence-corrected chi connectivity index (χ2v) is 4.34. The normalized spacial score (nSPS) is 10.5. The summed E-state index contributed by atoms with van der Waals surface area (Å²) in [4.78, 5) is 12.0. The molecule has 1 amide bonds. The molecule has 2 rings (SSSR count). The lowest BCUT2D eigenvalue weighted by atomic mass is 10.1. The van der Waals surface area contributed by atoms with E-state index < -0.39 is 0 Å². The molecule has 0 saturated carbocycles. The summed E-state index contributed by atoms with van der Waals surface area (Å²) < 4.78 is 6.69. The Balaban J connectivity index is 1.97. The molecule has 0 aliphatic carbocycles. The van der Waals surface area contributed by atoms with Crippen molar-refractivity contribution in [3.63, 3.8) is 0 Å². The van der Waals surface area contributed by atoms with Crippen molar-refractivity contribution in [1.29, 1.82) is 0 Å². The molecule has 0 radical (unpaired) electrons. The van der Waals surface area contributed by atoms with Crippen LogP contribution in [-0.4, -0.2) is 29.4 Å². The number of aromatic nitrogens is 2. The van der Waals surface area contributed by atoms with Gasteiger partial charge in [0.15, 0.2) is 0 Å². The third kappa shape index (κ3) is 3.66. The van der Waals surface area contributed by atoms with Gasteiger partial charge in [0.1, 0.15) is 0 Å². The minimum atomic E-state index is -0.167. The zero-order valence-electron chi connectivity index (χ0n) is 11.4. The number of anilines is 1. The van der Waals surface area contributed by atoms with Gasteiger partial charge in [-0.2, -0.15) is 5.10 Å². The SMILES string of the molecule is COCCn1cc(NC(=O)c2ccc(CN)cc2)cn1. The van der Waals surface area contributed by atoms with Gasteiger partial charge in [0, 0.05) is 25.4 Å². The van der Waals surface area contributed by atoms with Crippen LogP contribution in [0.3, 0.4) is 0 Å². The van der Waals surface area contributed by atoms with E-state index in [1.807, 2.05) is 12.1 Å². The molecule has 20 heavy (non-hydrogen) atoms. The summed E-state index contributed by atoms with van der Waals surface area (Å²) in [5.41, 5.74) is 7.77. The fourth-order valence-electron chi connectivity index (χ4n) is 1.73. The molecule has 0 bridgehead atoms. The van der Waals surface area contributed by atoms with Gasteiger partial charge >= 0.3 is 0 Å². The molecule has 1 heterocycles. The van der Waals surface area contributed by atoms with Crippen molar-refractivity contribution in [1.82, 2.24) is 9.78 Å². The highest BCUT2D eigenvalue weighted by Crippen LogP contribution is 2.09. The Morgan fingerprint density at radius 3 is 2.80 bits per heavy atom. The number of ether oxygens (including phenoxy) is 1. The summed E-state index contributed by atoms with van der Waals surface area (Å²) in [6.45, 7) is 1.70. The summed E-state index contributed by atoms with van der Waals surface area (Å²) in [6, 6.07) is 7.20. The van der Waals surface area contributed by atoms with Gasteiger partial charge in [-0.05, 0) is 17.7 Å². The first-order chi connectivity index (χ1) is 9.72. The molecule has 1 aromatic heterocycles. The van der Waals surface area contributed by atoms with Crippen molar-refractivity contribution in [3.8, 4) is 0 Å². The number of hydrogen-bond acceptors (Lipinski definition) is 4. The number of carbonyl (C=O) groups excluding carboxylic acids is 1. The van der Waals surface area contributed by atoms with E-state index >= 15 is 0 Å². The fourth-order valence-corrected chi connectivity index (χ4v) is 1.73. The molecule has 0 saturated heterocycles. The molecule has 0 unspecified atom stereocenters. The lowest BCUT2D eigenvalue weighted by molar-refractivity contribution is 0.102. The third-order valence-corrected chi connectivity index (χ3v) is 2.87. The maximum atomic E-state index is 12.0. The van der Waals surface area contributed by atoms with Crippen LogP contribution in [0.1, 0.15) is 15.9 Å². The fraction of sp³-hybridized carbons (Fsp3) is 0.286. The van der Waals surface area contributed by atoms with Crippen LogP contribution < -0.4 is 11.1 Å². The Hall–Kier alpha value is -2.18. The van der Waals surface area contributed by atoms with Crippen molar-refractivity contribution in [3.05, 3.63) is 47.8 Å². The Labute approximate surface area is 117 Å². The van der Waals surface area contributed by atoms with Crippen LogP contribution in [0.25, 0.3) is 0 Å². The summed E-state index contributed by atoms with van der Waals surface area (Å²) in [6.07, 6.45) is 3.38. The van der Waals surface area contributed by atoms with Gasteiger partial charge < -0.3 is 15.8 Å². The third-order valence-electron chi connectivity index (χ3n) is 2.87. The summed E-state index contributed by atoms with van der Waals surface area (Å²) in [7, 11) is 1.64. The summed E-state index contributed by atoms with van der Waals surface area (Å²) in [5.74, 6) is -0.167. The van der Waals surface area contributed by atoms with Crippen molar-refractivity contribution in [2.24, 2.45) is 5.73 Å². The van der Waals surface area contributed by atoms with Crippen LogP contribution in [0.15, 0.2) is 36.7 Å². The van der Waals surface area contributed by atoms with Gasteiger partial charge in [-0.15, -0.1) is 0 Å². The standard InChI is InChI=1S/C14H18N4O2/c1-20-7-6-18-10-13(9-16-18)17-14(19)12-4-2-11(8-15)3-5-12/h2-5,9-10H,6-8,15H2,1H3,(H,17,19). The first kappa shape index (κ1) is 14.2. The molecule has 0 fully saturated rings. The van der Waals surface area contributed by atoms with E-state index in [0.717, 1.165) is 5.56 Å². The first-order valence-corrected chi connectivity index (χ1v) is 6.34. The van der Waals surface area contributed by atoms with Crippen LogP contribution in [0.2, 0.25) is 0 Å². The molecule has 106 valence electrons. The van der Waals surface area contributed by atoms with Gasteiger partial charge in [-0.25, -0.2) is 0 Å². The molecule has 0 aliphatic heterocycles. The molecule has 3 N–H and O–H groups in total. The lowest BCUT2D eigenvalue weighted by Gasteiger charge is -2.03. The molecular weight excluding hydrogens is 256 g/mol. The van der Waals surface area contributed by atoms with E-state index in [-0.39, 0.29) is 5.91 Å². The van der Waals surface area contributed by atoms with Crippen LogP contribution in [0, 0.1) is 0 Å². The van der Waals surface area contributed by atoms with Gasteiger partial charge in [0.2, 0.25) is 0 Å². The van der Waals surface area contributed by atoms with Gasteiger partial charge in [-0.1, -0.05) is 12.1 Å². The lowest BCUT2D eigenvalue weighted by Crippen LogP contribution is -2.11. The van der Waals surface area contributed by atoms with Gasteiger partial charge in [0.05, 0.1) is 25.0 Å². The molecule has 0 atom stereocenters. The van der Waals surface area contributed by atoms with E-state index in [4.69, 9.17) is 10.5 Å². The van der Waals surface area contributed by atoms with Gasteiger partial charge in [-0.3, -0.25) is 9.48 Å². The number of nitrogens with one attached hydrogen (secondary N) is 1. The molecule has 2 aromatic rings. The largest absolute Gasteiger partial charge is 0.383 e. The van der Waals surface area contributed by atoms with Crippen LogP contribution in [-0.2, 0) is 17.8 Å². The van der Waals surface area contributed by atoms with Crippen LogP contribution in [0.4, 0.5) is 5.69 Å². The highest BCUT2D eigenvalue weighted by Gasteiger charge is 2.07.